The van der Waals surface area contributed by atoms with E-state index in [4.69, 9.17) is 14.7 Å². The molecular formula is C9H19NO4. The van der Waals surface area contributed by atoms with Crippen LogP contribution in [0.2, 0.25) is 0 Å². The summed E-state index contributed by atoms with van der Waals surface area (Å²) in [5.41, 5.74) is 2.78. The van der Waals surface area contributed by atoms with Crippen molar-refractivity contribution < 1.29 is 19.5 Å². The SMILES string of the molecule is COCCONCCCCCC(=O)O. The van der Waals surface area contributed by atoms with Crippen LogP contribution >= 0.6 is 0 Å². The van der Waals surface area contributed by atoms with Gasteiger partial charge in [0.1, 0.15) is 0 Å². The van der Waals surface area contributed by atoms with Crippen molar-refractivity contribution in [1.82, 2.24) is 5.48 Å². The van der Waals surface area contributed by atoms with E-state index in [1.807, 2.05) is 0 Å². The van der Waals surface area contributed by atoms with Gasteiger partial charge in [-0.25, -0.2) is 5.48 Å². The van der Waals surface area contributed by atoms with Gasteiger partial charge in [0.05, 0.1) is 13.2 Å². The van der Waals surface area contributed by atoms with E-state index < -0.39 is 5.97 Å². The van der Waals surface area contributed by atoms with Crippen LogP contribution in [0.5, 0.6) is 0 Å². The van der Waals surface area contributed by atoms with Crippen molar-refractivity contribution in [2.24, 2.45) is 0 Å². The van der Waals surface area contributed by atoms with Gasteiger partial charge in [-0.2, -0.15) is 0 Å². The molecule has 0 spiro atoms. The number of rotatable bonds is 10. The molecule has 0 bridgehead atoms. The lowest BCUT2D eigenvalue weighted by molar-refractivity contribution is -0.137. The van der Waals surface area contributed by atoms with Gasteiger partial charge in [0.25, 0.3) is 0 Å². The quantitative estimate of drug-likeness (QED) is 0.408. The Morgan fingerprint density at radius 2 is 2.07 bits per heavy atom. The average molecular weight is 205 g/mol. The Balaban J connectivity index is 2.88. The zero-order chi connectivity index (χ0) is 10.6. The lowest BCUT2D eigenvalue weighted by Crippen LogP contribution is -2.18. The highest BCUT2D eigenvalue weighted by Crippen LogP contribution is 1.98. The van der Waals surface area contributed by atoms with Crippen molar-refractivity contribution in [2.45, 2.75) is 25.7 Å². The maximum Gasteiger partial charge on any atom is 0.303 e. The molecule has 84 valence electrons. The van der Waals surface area contributed by atoms with E-state index in [-0.39, 0.29) is 6.42 Å². The summed E-state index contributed by atoms with van der Waals surface area (Å²) in [4.78, 5) is 15.2. The molecular weight excluding hydrogens is 186 g/mol. The summed E-state index contributed by atoms with van der Waals surface area (Å²) in [5, 5.41) is 8.36. The molecule has 14 heavy (non-hydrogen) atoms. The molecule has 2 N–H and O–H groups in total. The number of aliphatic carboxylic acids is 1. The van der Waals surface area contributed by atoms with Gasteiger partial charge in [0.15, 0.2) is 0 Å². The number of carboxylic acid groups (broad SMARTS) is 1. The number of carbonyl (C=O) groups is 1. The zero-order valence-electron chi connectivity index (χ0n) is 8.62. The molecule has 0 heterocycles. The summed E-state index contributed by atoms with van der Waals surface area (Å²) in [6.07, 6.45) is 2.83. The molecule has 0 aromatic rings. The molecule has 0 rings (SSSR count). The van der Waals surface area contributed by atoms with Crippen LogP contribution in [0.4, 0.5) is 0 Å². The van der Waals surface area contributed by atoms with Gasteiger partial charge < -0.3 is 9.84 Å². The first kappa shape index (κ1) is 13.4. The van der Waals surface area contributed by atoms with Crippen molar-refractivity contribution in [2.75, 3.05) is 26.9 Å². The zero-order valence-corrected chi connectivity index (χ0v) is 8.62. The number of methoxy groups -OCH3 is 1. The molecule has 0 aliphatic carbocycles. The van der Waals surface area contributed by atoms with Gasteiger partial charge in [-0.1, -0.05) is 6.42 Å². The average Bonchev–Trinajstić information content (AvgIpc) is 2.15. The third-order valence-corrected chi connectivity index (χ3v) is 1.66. The molecule has 0 atom stereocenters. The summed E-state index contributed by atoms with van der Waals surface area (Å²) in [5.74, 6) is -0.727. The Kier molecular flexibility index (Phi) is 9.95. The highest BCUT2D eigenvalue weighted by Gasteiger charge is 1.95. The maximum atomic E-state index is 10.2. The van der Waals surface area contributed by atoms with Crippen molar-refractivity contribution in [3.05, 3.63) is 0 Å². The third kappa shape index (κ3) is 11.4. The number of carboxylic acids is 1. The maximum absolute atomic E-state index is 10.2. The van der Waals surface area contributed by atoms with E-state index >= 15 is 0 Å². The van der Waals surface area contributed by atoms with Crippen LogP contribution in [0.15, 0.2) is 0 Å². The van der Waals surface area contributed by atoms with Gasteiger partial charge in [-0.3, -0.25) is 9.63 Å². The minimum atomic E-state index is -0.727. The lowest BCUT2D eigenvalue weighted by atomic mass is 10.2. The Morgan fingerprint density at radius 1 is 1.29 bits per heavy atom. The largest absolute Gasteiger partial charge is 0.481 e. The molecule has 0 aromatic carbocycles. The topological polar surface area (TPSA) is 67.8 Å². The second kappa shape index (κ2) is 10.4. The highest BCUT2D eigenvalue weighted by atomic mass is 16.7. The normalized spacial score (nSPS) is 10.4. The highest BCUT2D eigenvalue weighted by molar-refractivity contribution is 5.66. The minimum absolute atomic E-state index is 0.254. The number of hydrogen-bond donors (Lipinski definition) is 2. The molecule has 0 aliphatic rings. The predicted molar refractivity (Wildman–Crippen MR) is 51.9 cm³/mol. The molecule has 0 aromatic heterocycles. The van der Waals surface area contributed by atoms with E-state index in [0.29, 0.717) is 13.2 Å². The fraction of sp³-hybridized carbons (Fsp3) is 0.889. The van der Waals surface area contributed by atoms with Crippen molar-refractivity contribution in [3.63, 3.8) is 0 Å². The number of ether oxygens (including phenoxy) is 1. The minimum Gasteiger partial charge on any atom is -0.481 e. The summed E-state index contributed by atoms with van der Waals surface area (Å²) in [6.45, 7) is 1.86. The van der Waals surface area contributed by atoms with Gasteiger partial charge in [0, 0.05) is 20.1 Å². The Morgan fingerprint density at radius 3 is 2.71 bits per heavy atom. The Bertz CT molecular complexity index is 141. The lowest BCUT2D eigenvalue weighted by Gasteiger charge is -2.04. The van der Waals surface area contributed by atoms with Crippen molar-refractivity contribution in [1.29, 1.82) is 0 Å². The smallest absolute Gasteiger partial charge is 0.303 e. The van der Waals surface area contributed by atoms with Crippen LogP contribution in [-0.2, 0) is 14.4 Å². The third-order valence-electron chi connectivity index (χ3n) is 1.66. The monoisotopic (exact) mass is 205 g/mol. The van der Waals surface area contributed by atoms with Crippen molar-refractivity contribution >= 4 is 5.97 Å². The molecule has 0 saturated heterocycles. The first-order chi connectivity index (χ1) is 6.77. The van der Waals surface area contributed by atoms with E-state index in [2.05, 4.69) is 5.48 Å². The molecule has 0 unspecified atom stereocenters. The van der Waals surface area contributed by atoms with E-state index in [0.717, 1.165) is 25.8 Å². The molecule has 5 nitrogen and oxygen atoms in total. The first-order valence-electron chi connectivity index (χ1n) is 4.82. The van der Waals surface area contributed by atoms with Crippen molar-refractivity contribution in [3.8, 4) is 0 Å². The molecule has 0 radical (unpaired) electrons. The number of nitrogens with one attached hydrogen (secondary N) is 1. The van der Waals surface area contributed by atoms with Crippen LogP contribution < -0.4 is 5.48 Å². The molecule has 0 aliphatic heterocycles. The van der Waals surface area contributed by atoms with Crippen LogP contribution in [0.25, 0.3) is 0 Å². The molecule has 5 heteroatoms. The van der Waals surface area contributed by atoms with Gasteiger partial charge in [-0.05, 0) is 12.8 Å². The second-order valence-electron chi connectivity index (χ2n) is 2.94. The van der Waals surface area contributed by atoms with Gasteiger partial charge in [0.2, 0.25) is 0 Å². The van der Waals surface area contributed by atoms with Gasteiger partial charge in [-0.15, -0.1) is 0 Å². The van der Waals surface area contributed by atoms with E-state index in [9.17, 15) is 4.79 Å². The van der Waals surface area contributed by atoms with E-state index in [1.165, 1.54) is 0 Å². The molecule has 0 saturated carbocycles. The summed E-state index contributed by atoms with van der Waals surface area (Å²) in [7, 11) is 1.62. The van der Waals surface area contributed by atoms with Gasteiger partial charge >= 0.3 is 5.97 Å². The summed E-state index contributed by atoms with van der Waals surface area (Å²) >= 11 is 0. The predicted octanol–water partition coefficient (Wildman–Crippen LogP) is 0.799. The van der Waals surface area contributed by atoms with Crippen LogP contribution in [0.3, 0.4) is 0 Å². The Hall–Kier alpha value is -0.650. The summed E-state index contributed by atoms with van der Waals surface area (Å²) in [6, 6.07) is 0. The van der Waals surface area contributed by atoms with Crippen LogP contribution in [0.1, 0.15) is 25.7 Å². The van der Waals surface area contributed by atoms with Crippen LogP contribution in [0, 0.1) is 0 Å². The number of hydroxylamine groups is 1. The molecule has 0 fully saturated rings. The number of unbranched alkanes of at least 4 members (excludes halogenated alkanes) is 2. The number of hydrogen-bond acceptors (Lipinski definition) is 4. The van der Waals surface area contributed by atoms with E-state index in [1.54, 1.807) is 7.11 Å². The van der Waals surface area contributed by atoms with Crippen LogP contribution in [-0.4, -0.2) is 37.9 Å². The summed E-state index contributed by atoms with van der Waals surface area (Å²) < 4.78 is 4.78. The second-order valence-corrected chi connectivity index (χ2v) is 2.94. The fourth-order valence-electron chi connectivity index (χ4n) is 0.920. The fourth-order valence-corrected chi connectivity index (χ4v) is 0.920. The first-order valence-corrected chi connectivity index (χ1v) is 4.82. The Labute approximate surface area is 84.3 Å². The standard InChI is InChI=1S/C9H19NO4/c1-13-7-8-14-10-6-4-2-3-5-9(11)12/h10H,2-8H2,1H3,(H,11,12). The molecule has 0 amide bonds.